The van der Waals surface area contributed by atoms with Crippen LogP contribution in [0.3, 0.4) is 0 Å². The molecular weight excluding hydrogens is 210 g/mol. The van der Waals surface area contributed by atoms with Gasteiger partial charge >= 0.3 is 0 Å². The van der Waals surface area contributed by atoms with Crippen molar-refractivity contribution >= 4 is 11.0 Å². The molecule has 1 saturated heterocycles. The third kappa shape index (κ3) is 1.84. The number of aryl methyl sites for hydroxylation is 1. The van der Waals surface area contributed by atoms with E-state index in [4.69, 9.17) is 0 Å². The molecule has 1 fully saturated rings. The summed E-state index contributed by atoms with van der Waals surface area (Å²) in [6, 6.07) is 9.09. The largest absolute Gasteiger partial charge is 0.325 e. The zero-order valence-electron chi connectivity index (χ0n) is 10.6. The highest BCUT2D eigenvalue weighted by atomic mass is 15.2. The summed E-state index contributed by atoms with van der Waals surface area (Å²) in [5.41, 5.74) is 2.42. The zero-order chi connectivity index (χ0) is 11.8. The fourth-order valence-electron chi connectivity index (χ4n) is 2.88. The van der Waals surface area contributed by atoms with E-state index in [9.17, 15) is 0 Å². The van der Waals surface area contributed by atoms with Gasteiger partial charge in [-0.3, -0.25) is 0 Å². The number of benzene rings is 1. The lowest BCUT2D eigenvalue weighted by Gasteiger charge is -2.30. The summed E-state index contributed by atoms with van der Waals surface area (Å²) in [5, 5.41) is 0. The molecule has 0 bridgehead atoms. The van der Waals surface area contributed by atoms with Gasteiger partial charge < -0.3 is 9.47 Å². The van der Waals surface area contributed by atoms with Crippen molar-refractivity contribution in [3.8, 4) is 0 Å². The molecule has 0 atom stereocenters. The van der Waals surface area contributed by atoms with Gasteiger partial charge in [-0.15, -0.1) is 0 Å². The zero-order valence-corrected chi connectivity index (χ0v) is 10.6. The minimum absolute atomic E-state index is 0.624. The maximum atomic E-state index is 4.66. The molecule has 1 aliphatic rings. The van der Waals surface area contributed by atoms with Crippen molar-refractivity contribution in [3.05, 3.63) is 30.1 Å². The van der Waals surface area contributed by atoms with E-state index in [2.05, 4.69) is 52.7 Å². The molecule has 3 nitrogen and oxygen atoms in total. The van der Waals surface area contributed by atoms with Gasteiger partial charge in [0.25, 0.3) is 0 Å². The second-order valence-electron chi connectivity index (χ2n) is 5.05. The molecule has 0 saturated carbocycles. The average Bonchev–Trinajstić information content (AvgIpc) is 2.66. The molecule has 3 heteroatoms. The van der Waals surface area contributed by atoms with Gasteiger partial charge in [-0.1, -0.05) is 12.1 Å². The first kappa shape index (κ1) is 10.8. The van der Waals surface area contributed by atoms with Crippen molar-refractivity contribution in [2.45, 2.75) is 25.8 Å². The van der Waals surface area contributed by atoms with Crippen LogP contribution < -0.4 is 0 Å². The van der Waals surface area contributed by atoms with Crippen LogP contribution in [0, 0.1) is 6.92 Å². The van der Waals surface area contributed by atoms with Crippen molar-refractivity contribution in [1.29, 1.82) is 0 Å². The molecule has 0 N–H and O–H groups in total. The lowest BCUT2D eigenvalue weighted by Crippen LogP contribution is -2.31. The normalized spacial score (nSPS) is 18.9. The Balaban J connectivity index is 2.02. The Morgan fingerprint density at radius 1 is 1.18 bits per heavy atom. The van der Waals surface area contributed by atoms with Crippen LogP contribution in [0.1, 0.15) is 24.7 Å². The molecule has 0 radical (unpaired) electrons. The van der Waals surface area contributed by atoms with Crippen molar-refractivity contribution in [2.24, 2.45) is 0 Å². The number of fused-ring (bicyclic) bond motifs is 1. The Kier molecular flexibility index (Phi) is 2.63. The second-order valence-corrected chi connectivity index (χ2v) is 5.05. The smallest absolute Gasteiger partial charge is 0.106 e. The molecular formula is C14H19N3. The maximum Gasteiger partial charge on any atom is 0.106 e. The summed E-state index contributed by atoms with van der Waals surface area (Å²) in [6.45, 7) is 4.51. The molecule has 0 unspecified atom stereocenters. The van der Waals surface area contributed by atoms with E-state index < -0.39 is 0 Å². The van der Waals surface area contributed by atoms with Crippen molar-refractivity contribution in [2.75, 3.05) is 20.1 Å². The quantitative estimate of drug-likeness (QED) is 0.749. The Bertz CT molecular complexity index is 521. The van der Waals surface area contributed by atoms with E-state index in [-0.39, 0.29) is 0 Å². The van der Waals surface area contributed by atoms with E-state index >= 15 is 0 Å². The molecule has 3 rings (SSSR count). The van der Waals surface area contributed by atoms with Crippen LogP contribution in [0.4, 0.5) is 0 Å². The monoisotopic (exact) mass is 229 g/mol. The summed E-state index contributed by atoms with van der Waals surface area (Å²) >= 11 is 0. The molecule has 0 amide bonds. The number of imidazole rings is 1. The van der Waals surface area contributed by atoms with Crippen LogP contribution in [-0.2, 0) is 0 Å². The van der Waals surface area contributed by atoms with Crippen LogP contribution in [0.2, 0.25) is 0 Å². The number of hydrogen-bond donors (Lipinski definition) is 0. The maximum absolute atomic E-state index is 4.66. The van der Waals surface area contributed by atoms with Gasteiger partial charge in [0, 0.05) is 6.04 Å². The Hall–Kier alpha value is -1.35. The summed E-state index contributed by atoms with van der Waals surface area (Å²) < 4.78 is 2.43. The molecule has 1 aromatic heterocycles. The summed E-state index contributed by atoms with van der Waals surface area (Å²) in [5.74, 6) is 1.15. The van der Waals surface area contributed by atoms with Crippen molar-refractivity contribution in [3.63, 3.8) is 0 Å². The van der Waals surface area contributed by atoms with E-state index in [1.807, 2.05) is 0 Å². The SMILES string of the molecule is Cc1nc2ccccc2n1C1CCN(C)CC1. The fourth-order valence-corrected chi connectivity index (χ4v) is 2.88. The molecule has 17 heavy (non-hydrogen) atoms. The molecule has 0 aliphatic carbocycles. The second kappa shape index (κ2) is 4.15. The molecule has 2 aromatic rings. The number of aromatic nitrogens is 2. The topological polar surface area (TPSA) is 21.1 Å². The van der Waals surface area contributed by atoms with E-state index in [0.29, 0.717) is 6.04 Å². The van der Waals surface area contributed by atoms with E-state index in [1.165, 1.54) is 31.4 Å². The number of nitrogens with zero attached hydrogens (tertiary/aromatic N) is 3. The van der Waals surface area contributed by atoms with Gasteiger partial charge in [-0.25, -0.2) is 4.98 Å². The Labute approximate surface area is 102 Å². The minimum atomic E-state index is 0.624. The standard InChI is InChI=1S/C14H19N3/c1-11-15-13-5-3-4-6-14(13)17(11)12-7-9-16(2)10-8-12/h3-6,12H,7-10H2,1-2H3. The average molecular weight is 229 g/mol. The highest BCUT2D eigenvalue weighted by molar-refractivity contribution is 5.76. The molecule has 1 aliphatic heterocycles. The van der Waals surface area contributed by atoms with Crippen LogP contribution in [0.15, 0.2) is 24.3 Å². The Morgan fingerprint density at radius 2 is 1.88 bits per heavy atom. The first-order chi connectivity index (χ1) is 8.25. The van der Waals surface area contributed by atoms with Gasteiger partial charge in [0.05, 0.1) is 11.0 Å². The molecule has 2 heterocycles. The fraction of sp³-hybridized carbons (Fsp3) is 0.500. The number of piperidine rings is 1. The van der Waals surface area contributed by atoms with E-state index in [1.54, 1.807) is 0 Å². The summed E-state index contributed by atoms with van der Waals surface area (Å²) in [7, 11) is 2.20. The van der Waals surface area contributed by atoms with Crippen LogP contribution in [0.25, 0.3) is 11.0 Å². The number of likely N-dealkylation sites (tertiary alicyclic amines) is 1. The lowest BCUT2D eigenvalue weighted by molar-refractivity contribution is 0.222. The van der Waals surface area contributed by atoms with Gasteiger partial charge in [0.1, 0.15) is 5.82 Å². The van der Waals surface area contributed by atoms with Gasteiger partial charge in [0.2, 0.25) is 0 Å². The first-order valence-electron chi connectivity index (χ1n) is 6.38. The summed E-state index contributed by atoms with van der Waals surface area (Å²) in [4.78, 5) is 7.06. The number of hydrogen-bond acceptors (Lipinski definition) is 2. The lowest BCUT2D eigenvalue weighted by atomic mass is 10.0. The van der Waals surface area contributed by atoms with Crippen LogP contribution in [-0.4, -0.2) is 34.6 Å². The van der Waals surface area contributed by atoms with E-state index in [0.717, 1.165) is 11.3 Å². The third-order valence-electron chi connectivity index (χ3n) is 3.83. The Morgan fingerprint density at radius 3 is 2.65 bits per heavy atom. The molecule has 0 spiro atoms. The van der Waals surface area contributed by atoms with Gasteiger partial charge in [-0.2, -0.15) is 0 Å². The highest BCUT2D eigenvalue weighted by Crippen LogP contribution is 2.27. The number of para-hydroxylation sites is 2. The summed E-state index contributed by atoms with van der Waals surface area (Å²) in [6.07, 6.45) is 2.47. The van der Waals surface area contributed by atoms with Gasteiger partial charge in [0.15, 0.2) is 0 Å². The van der Waals surface area contributed by atoms with Crippen molar-refractivity contribution < 1.29 is 0 Å². The third-order valence-corrected chi connectivity index (χ3v) is 3.83. The van der Waals surface area contributed by atoms with Crippen LogP contribution in [0.5, 0.6) is 0 Å². The first-order valence-corrected chi connectivity index (χ1v) is 6.38. The van der Waals surface area contributed by atoms with Crippen molar-refractivity contribution in [1.82, 2.24) is 14.5 Å². The van der Waals surface area contributed by atoms with Gasteiger partial charge in [-0.05, 0) is 52.0 Å². The minimum Gasteiger partial charge on any atom is -0.325 e. The van der Waals surface area contributed by atoms with Crippen LogP contribution >= 0.6 is 0 Å². The number of rotatable bonds is 1. The predicted octanol–water partition coefficient (Wildman–Crippen LogP) is 2.61. The molecule has 90 valence electrons. The predicted molar refractivity (Wildman–Crippen MR) is 70.2 cm³/mol. The highest BCUT2D eigenvalue weighted by Gasteiger charge is 2.21. The molecule has 1 aromatic carbocycles.